The van der Waals surface area contributed by atoms with Crippen molar-refractivity contribution >= 4 is 34.6 Å². The van der Waals surface area contributed by atoms with Crippen LogP contribution in [0.1, 0.15) is 18.5 Å². The molecule has 0 saturated carbocycles. The van der Waals surface area contributed by atoms with E-state index in [2.05, 4.69) is 5.32 Å². The Morgan fingerprint density at radius 3 is 2.15 bits per heavy atom. The maximum absolute atomic E-state index is 10.6. The number of anilines is 1. The van der Waals surface area contributed by atoms with Crippen molar-refractivity contribution in [2.24, 2.45) is 0 Å². The highest BCUT2D eigenvalue weighted by Crippen LogP contribution is 2.26. The molecule has 0 heterocycles. The SMILES string of the molecule is CC(Nc1cc(Cl)cc(Cl)c1)c1ccc([N+](=O)[O-])cc1. The normalized spacial score (nSPS) is 11.9. The number of hydrogen-bond donors (Lipinski definition) is 1. The highest BCUT2D eigenvalue weighted by molar-refractivity contribution is 6.35. The van der Waals surface area contributed by atoms with Crippen LogP contribution in [0.3, 0.4) is 0 Å². The van der Waals surface area contributed by atoms with E-state index < -0.39 is 4.92 Å². The summed E-state index contributed by atoms with van der Waals surface area (Å²) >= 11 is 11.9. The van der Waals surface area contributed by atoms with E-state index in [0.717, 1.165) is 11.3 Å². The van der Waals surface area contributed by atoms with Crippen molar-refractivity contribution in [1.29, 1.82) is 0 Å². The van der Waals surface area contributed by atoms with Gasteiger partial charge in [0, 0.05) is 33.9 Å². The second kappa shape index (κ2) is 6.11. The van der Waals surface area contributed by atoms with Crippen LogP contribution in [0.15, 0.2) is 42.5 Å². The molecule has 2 aromatic carbocycles. The summed E-state index contributed by atoms with van der Waals surface area (Å²) in [7, 11) is 0. The smallest absolute Gasteiger partial charge is 0.269 e. The Labute approximate surface area is 126 Å². The van der Waals surface area contributed by atoms with Gasteiger partial charge in [-0.3, -0.25) is 10.1 Å². The molecule has 20 heavy (non-hydrogen) atoms. The topological polar surface area (TPSA) is 55.2 Å². The molecule has 0 aliphatic carbocycles. The Bertz CT molecular complexity index is 609. The quantitative estimate of drug-likeness (QED) is 0.633. The van der Waals surface area contributed by atoms with Gasteiger partial charge in [-0.15, -0.1) is 0 Å². The van der Waals surface area contributed by atoms with Crippen LogP contribution >= 0.6 is 23.2 Å². The van der Waals surface area contributed by atoms with Gasteiger partial charge in [-0.05, 0) is 30.7 Å². The Morgan fingerprint density at radius 2 is 1.65 bits per heavy atom. The summed E-state index contributed by atoms with van der Waals surface area (Å²) in [4.78, 5) is 10.2. The van der Waals surface area contributed by atoms with Gasteiger partial charge < -0.3 is 5.32 Å². The molecule has 0 saturated heterocycles. The maximum Gasteiger partial charge on any atom is 0.269 e. The fraction of sp³-hybridized carbons (Fsp3) is 0.143. The fourth-order valence-corrected chi connectivity index (χ4v) is 2.38. The van der Waals surface area contributed by atoms with Gasteiger partial charge in [0.05, 0.1) is 4.92 Å². The largest absolute Gasteiger partial charge is 0.378 e. The van der Waals surface area contributed by atoms with Crippen molar-refractivity contribution in [3.05, 3.63) is 68.2 Å². The number of hydrogen-bond acceptors (Lipinski definition) is 3. The highest BCUT2D eigenvalue weighted by Gasteiger charge is 2.09. The van der Waals surface area contributed by atoms with Crippen molar-refractivity contribution in [3.8, 4) is 0 Å². The summed E-state index contributed by atoms with van der Waals surface area (Å²) in [6, 6.07) is 11.6. The molecule has 1 atom stereocenters. The Morgan fingerprint density at radius 1 is 1.10 bits per heavy atom. The van der Waals surface area contributed by atoms with Crippen molar-refractivity contribution in [3.63, 3.8) is 0 Å². The summed E-state index contributed by atoms with van der Waals surface area (Å²) < 4.78 is 0. The third-order valence-corrected chi connectivity index (χ3v) is 3.29. The van der Waals surface area contributed by atoms with Crippen LogP contribution < -0.4 is 5.32 Å². The fourth-order valence-electron chi connectivity index (χ4n) is 1.86. The molecular weight excluding hydrogens is 299 g/mol. The Hall–Kier alpha value is -1.78. The summed E-state index contributed by atoms with van der Waals surface area (Å²) in [6.45, 7) is 1.95. The summed E-state index contributed by atoms with van der Waals surface area (Å²) in [5.41, 5.74) is 1.81. The molecule has 0 aliphatic rings. The number of non-ortho nitro benzene ring substituents is 1. The van der Waals surface area contributed by atoms with E-state index in [0.29, 0.717) is 10.0 Å². The average Bonchev–Trinajstić information content (AvgIpc) is 2.37. The molecule has 4 nitrogen and oxygen atoms in total. The molecule has 0 spiro atoms. The number of rotatable bonds is 4. The average molecular weight is 311 g/mol. The van der Waals surface area contributed by atoms with Gasteiger partial charge in [0.15, 0.2) is 0 Å². The van der Waals surface area contributed by atoms with Crippen molar-refractivity contribution in [1.82, 2.24) is 0 Å². The molecule has 104 valence electrons. The summed E-state index contributed by atoms with van der Waals surface area (Å²) in [5.74, 6) is 0. The molecular formula is C14H12Cl2N2O2. The van der Waals surface area contributed by atoms with Gasteiger partial charge in [-0.1, -0.05) is 35.3 Å². The molecule has 2 aromatic rings. The molecule has 6 heteroatoms. The van der Waals surface area contributed by atoms with Gasteiger partial charge in [0.25, 0.3) is 5.69 Å². The minimum absolute atomic E-state index is 0.0228. The minimum Gasteiger partial charge on any atom is -0.378 e. The molecule has 0 bridgehead atoms. The number of halogens is 2. The summed E-state index contributed by atoms with van der Waals surface area (Å²) in [6.07, 6.45) is 0. The third kappa shape index (κ3) is 3.62. The zero-order valence-electron chi connectivity index (χ0n) is 10.6. The van der Waals surface area contributed by atoms with E-state index in [-0.39, 0.29) is 11.7 Å². The van der Waals surface area contributed by atoms with E-state index >= 15 is 0 Å². The molecule has 0 aliphatic heterocycles. The van der Waals surface area contributed by atoms with Gasteiger partial charge >= 0.3 is 0 Å². The van der Waals surface area contributed by atoms with E-state index in [1.165, 1.54) is 12.1 Å². The van der Waals surface area contributed by atoms with Crippen LogP contribution in [-0.2, 0) is 0 Å². The molecule has 1 unspecified atom stereocenters. The number of benzene rings is 2. The Balaban J connectivity index is 2.14. The van der Waals surface area contributed by atoms with Gasteiger partial charge in [0.1, 0.15) is 0 Å². The van der Waals surface area contributed by atoms with Crippen LogP contribution in [0.2, 0.25) is 10.0 Å². The predicted molar refractivity (Wildman–Crippen MR) is 81.6 cm³/mol. The molecule has 0 amide bonds. The van der Waals surface area contributed by atoms with E-state index in [9.17, 15) is 10.1 Å². The van der Waals surface area contributed by atoms with Crippen LogP contribution in [0.25, 0.3) is 0 Å². The van der Waals surface area contributed by atoms with E-state index in [1.807, 2.05) is 6.92 Å². The second-order valence-electron chi connectivity index (χ2n) is 4.37. The van der Waals surface area contributed by atoms with Gasteiger partial charge in [-0.25, -0.2) is 0 Å². The van der Waals surface area contributed by atoms with Crippen molar-refractivity contribution in [2.45, 2.75) is 13.0 Å². The van der Waals surface area contributed by atoms with Crippen LogP contribution in [0.4, 0.5) is 11.4 Å². The number of nitro groups is 1. The van der Waals surface area contributed by atoms with Gasteiger partial charge in [-0.2, -0.15) is 0 Å². The van der Waals surface area contributed by atoms with E-state index in [4.69, 9.17) is 23.2 Å². The zero-order chi connectivity index (χ0) is 14.7. The number of nitrogens with zero attached hydrogens (tertiary/aromatic N) is 1. The van der Waals surface area contributed by atoms with Crippen LogP contribution in [-0.4, -0.2) is 4.92 Å². The third-order valence-electron chi connectivity index (χ3n) is 2.85. The lowest BCUT2D eigenvalue weighted by molar-refractivity contribution is -0.384. The first-order valence-electron chi connectivity index (χ1n) is 5.92. The molecule has 0 aromatic heterocycles. The molecule has 0 fully saturated rings. The van der Waals surface area contributed by atoms with Gasteiger partial charge in [0.2, 0.25) is 0 Å². The highest BCUT2D eigenvalue weighted by atomic mass is 35.5. The Kier molecular flexibility index (Phi) is 4.47. The van der Waals surface area contributed by atoms with Crippen molar-refractivity contribution in [2.75, 3.05) is 5.32 Å². The lowest BCUT2D eigenvalue weighted by atomic mass is 10.1. The second-order valence-corrected chi connectivity index (χ2v) is 5.25. The summed E-state index contributed by atoms with van der Waals surface area (Å²) in [5, 5.41) is 15.0. The van der Waals surface area contributed by atoms with Crippen molar-refractivity contribution < 1.29 is 4.92 Å². The first-order valence-corrected chi connectivity index (χ1v) is 6.68. The van der Waals surface area contributed by atoms with Crippen LogP contribution in [0.5, 0.6) is 0 Å². The first kappa shape index (κ1) is 14.6. The first-order chi connectivity index (χ1) is 9.45. The standard InChI is InChI=1S/C14H12Cl2N2O2/c1-9(10-2-4-14(5-3-10)18(19)20)17-13-7-11(15)6-12(16)8-13/h2-9,17H,1H3. The lowest BCUT2D eigenvalue weighted by Crippen LogP contribution is -2.06. The molecule has 0 radical (unpaired) electrons. The lowest BCUT2D eigenvalue weighted by Gasteiger charge is -2.16. The van der Waals surface area contributed by atoms with Crippen LogP contribution in [0, 0.1) is 10.1 Å². The number of nitro benzene ring substituents is 1. The molecule has 1 N–H and O–H groups in total. The molecule has 2 rings (SSSR count). The predicted octanol–water partition coefficient (Wildman–Crippen LogP) is 5.07. The minimum atomic E-state index is -0.418. The monoisotopic (exact) mass is 310 g/mol. The number of nitrogens with one attached hydrogen (secondary N) is 1. The maximum atomic E-state index is 10.6. The van der Waals surface area contributed by atoms with E-state index in [1.54, 1.807) is 30.3 Å². The zero-order valence-corrected chi connectivity index (χ0v) is 12.2.